The summed E-state index contributed by atoms with van der Waals surface area (Å²) in [7, 11) is 3.86. The van der Waals surface area contributed by atoms with Gasteiger partial charge in [0, 0.05) is 25.3 Å². The maximum atomic E-state index is 12.0. The largest absolute Gasteiger partial charge is 0.378 e. The van der Waals surface area contributed by atoms with Crippen molar-refractivity contribution in [3.8, 4) is 0 Å². The van der Waals surface area contributed by atoms with Gasteiger partial charge in [-0.3, -0.25) is 4.79 Å². The van der Waals surface area contributed by atoms with E-state index in [9.17, 15) is 4.79 Å². The van der Waals surface area contributed by atoms with Gasteiger partial charge in [0.1, 0.15) is 0 Å². The van der Waals surface area contributed by atoms with Crippen molar-refractivity contribution >= 4 is 11.6 Å². The number of aromatic nitrogens is 2. The van der Waals surface area contributed by atoms with E-state index >= 15 is 0 Å². The smallest absolute Gasteiger partial charge is 0.251 e. The molecule has 1 amide bonds. The van der Waals surface area contributed by atoms with Crippen LogP contribution in [0.3, 0.4) is 0 Å². The van der Waals surface area contributed by atoms with E-state index in [1.54, 1.807) is 13.0 Å². The number of carbonyl (C=O) groups is 1. The number of nitrogens with one attached hydrogen (secondary N) is 1. The van der Waals surface area contributed by atoms with Gasteiger partial charge in [-0.15, -0.1) is 0 Å². The highest BCUT2D eigenvalue weighted by molar-refractivity contribution is 5.95. The SMILES string of the molecule is Cc1noc(CNC(=O)c2cccc(N(C)C)c2)n1. The second-order valence-electron chi connectivity index (χ2n) is 4.36. The van der Waals surface area contributed by atoms with E-state index in [1.165, 1.54) is 0 Å². The molecular weight excluding hydrogens is 244 g/mol. The lowest BCUT2D eigenvalue weighted by molar-refractivity contribution is 0.0946. The molecule has 0 fully saturated rings. The fourth-order valence-corrected chi connectivity index (χ4v) is 1.60. The Hall–Kier alpha value is -2.37. The molecule has 0 bridgehead atoms. The van der Waals surface area contributed by atoms with Gasteiger partial charge in [0.25, 0.3) is 5.91 Å². The van der Waals surface area contributed by atoms with Gasteiger partial charge in [-0.25, -0.2) is 0 Å². The Morgan fingerprint density at radius 3 is 2.84 bits per heavy atom. The van der Waals surface area contributed by atoms with E-state index in [0.29, 0.717) is 17.3 Å². The van der Waals surface area contributed by atoms with Crippen LogP contribution in [-0.2, 0) is 6.54 Å². The van der Waals surface area contributed by atoms with Gasteiger partial charge < -0.3 is 14.7 Å². The van der Waals surface area contributed by atoms with Crippen LogP contribution < -0.4 is 10.2 Å². The highest BCUT2D eigenvalue weighted by Crippen LogP contribution is 2.13. The zero-order valence-electron chi connectivity index (χ0n) is 11.2. The maximum Gasteiger partial charge on any atom is 0.251 e. The summed E-state index contributed by atoms with van der Waals surface area (Å²) in [5.74, 6) is 0.785. The standard InChI is InChI=1S/C13H16N4O2/c1-9-15-12(19-16-9)8-14-13(18)10-5-4-6-11(7-10)17(2)3/h4-7H,8H2,1-3H3,(H,14,18). The molecule has 6 nitrogen and oxygen atoms in total. The molecule has 0 aliphatic rings. The van der Waals surface area contributed by atoms with Crippen molar-refractivity contribution < 1.29 is 9.32 Å². The minimum Gasteiger partial charge on any atom is -0.378 e. The predicted octanol–water partition coefficient (Wildman–Crippen LogP) is 1.37. The Morgan fingerprint density at radius 2 is 2.21 bits per heavy atom. The monoisotopic (exact) mass is 260 g/mol. The normalized spacial score (nSPS) is 10.3. The fourth-order valence-electron chi connectivity index (χ4n) is 1.60. The molecule has 100 valence electrons. The molecular formula is C13H16N4O2. The van der Waals surface area contributed by atoms with Crippen molar-refractivity contribution in [3.05, 3.63) is 41.5 Å². The Morgan fingerprint density at radius 1 is 1.42 bits per heavy atom. The average molecular weight is 260 g/mol. The quantitative estimate of drug-likeness (QED) is 0.899. The van der Waals surface area contributed by atoms with E-state index in [1.807, 2.05) is 37.2 Å². The number of amides is 1. The van der Waals surface area contributed by atoms with Crippen molar-refractivity contribution in [1.82, 2.24) is 15.5 Å². The first kappa shape index (κ1) is 13.1. The molecule has 1 N–H and O–H groups in total. The molecule has 6 heteroatoms. The van der Waals surface area contributed by atoms with Crippen LogP contribution in [0, 0.1) is 6.92 Å². The second-order valence-corrected chi connectivity index (χ2v) is 4.36. The molecule has 2 aromatic rings. The summed E-state index contributed by atoms with van der Waals surface area (Å²) in [5, 5.41) is 6.40. The van der Waals surface area contributed by atoms with Crippen molar-refractivity contribution in [2.45, 2.75) is 13.5 Å². The van der Waals surface area contributed by atoms with Crippen molar-refractivity contribution in [1.29, 1.82) is 0 Å². The van der Waals surface area contributed by atoms with Crippen LogP contribution in [0.25, 0.3) is 0 Å². The maximum absolute atomic E-state index is 12.0. The Kier molecular flexibility index (Phi) is 3.79. The van der Waals surface area contributed by atoms with Crippen LogP contribution in [0.4, 0.5) is 5.69 Å². The van der Waals surface area contributed by atoms with Gasteiger partial charge in [0.15, 0.2) is 5.82 Å². The van der Waals surface area contributed by atoms with Crippen LogP contribution in [-0.4, -0.2) is 30.1 Å². The first-order chi connectivity index (χ1) is 9.06. The predicted molar refractivity (Wildman–Crippen MR) is 71.0 cm³/mol. The van der Waals surface area contributed by atoms with E-state index in [-0.39, 0.29) is 12.5 Å². The number of benzene rings is 1. The summed E-state index contributed by atoms with van der Waals surface area (Å²) in [6.45, 7) is 1.96. The molecule has 0 saturated heterocycles. The summed E-state index contributed by atoms with van der Waals surface area (Å²) < 4.78 is 4.93. The van der Waals surface area contributed by atoms with Crippen molar-refractivity contribution in [3.63, 3.8) is 0 Å². The molecule has 0 saturated carbocycles. The minimum absolute atomic E-state index is 0.167. The van der Waals surface area contributed by atoms with Gasteiger partial charge in [-0.1, -0.05) is 11.2 Å². The van der Waals surface area contributed by atoms with Crippen molar-refractivity contribution in [2.24, 2.45) is 0 Å². The lowest BCUT2D eigenvalue weighted by Crippen LogP contribution is -2.23. The number of anilines is 1. The Bertz CT molecular complexity index is 578. The van der Waals surface area contributed by atoms with Crippen LogP contribution in [0.5, 0.6) is 0 Å². The first-order valence-electron chi connectivity index (χ1n) is 5.91. The van der Waals surface area contributed by atoms with Crippen LogP contribution in [0.2, 0.25) is 0 Å². The molecule has 0 aliphatic heterocycles. The molecule has 1 heterocycles. The molecule has 0 unspecified atom stereocenters. The number of rotatable bonds is 4. The minimum atomic E-state index is -0.167. The lowest BCUT2D eigenvalue weighted by atomic mass is 10.2. The van der Waals surface area contributed by atoms with Gasteiger partial charge in [-0.05, 0) is 25.1 Å². The Labute approximate surface area is 111 Å². The van der Waals surface area contributed by atoms with E-state index < -0.39 is 0 Å². The topological polar surface area (TPSA) is 71.3 Å². The zero-order valence-corrected chi connectivity index (χ0v) is 11.2. The molecule has 2 rings (SSSR count). The van der Waals surface area contributed by atoms with Crippen LogP contribution >= 0.6 is 0 Å². The summed E-state index contributed by atoms with van der Waals surface area (Å²) >= 11 is 0. The third kappa shape index (κ3) is 3.31. The Balaban J connectivity index is 2.01. The molecule has 1 aromatic heterocycles. The highest BCUT2D eigenvalue weighted by Gasteiger charge is 2.09. The number of carbonyl (C=O) groups excluding carboxylic acids is 1. The number of nitrogens with zero attached hydrogens (tertiary/aromatic N) is 3. The van der Waals surface area contributed by atoms with Crippen LogP contribution in [0.15, 0.2) is 28.8 Å². The summed E-state index contributed by atoms with van der Waals surface area (Å²) in [6, 6.07) is 7.38. The lowest BCUT2D eigenvalue weighted by Gasteiger charge is -2.13. The third-order valence-electron chi connectivity index (χ3n) is 2.59. The molecule has 1 aromatic carbocycles. The number of aryl methyl sites for hydroxylation is 1. The summed E-state index contributed by atoms with van der Waals surface area (Å²) in [5.41, 5.74) is 1.57. The van der Waals surface area contributed by atoms with Gasteiger partial charge >= 0.3 is 0 Å². The summed E-state index contributed by atoms with van der Waals surface area (Å²) in [6.07, 6.45) is 0. The molecule has 19 heavy (non-hydrogen) atoms. The second kappa shape index (κ2) is 5.51. The average Bonchev–Trinajstić information content (AvgIpc) is 2.82. The molecule has 0 radical (unpaired) electrons. The third-order valence-corrected chi connectivity index (χ3v) is 2.59. The van der Waals surface area contributed by atoms with Gasteiger partial charge in [0.05, 0.1) is 6.54 Å². The van der Waals surface area contributed by atoms with Crippen LogP contribution in [0.1, 0.15) is 22.1 Å². The molecule has 0 atom stereocenters. The fraction of sp³-hybridized carbons (Fsp3) is 0.308. The molecule has 0 spiro atoms. The van der Waals surface area contributed by atoms with Gasteiger partial charge in [0.2, 0.25) is 5.89 Å². The number of hydrogen-bond donors (Lipinski definition) is 1. The first-order valence-corrected chi connectivity index (χ1v) is 5.91. The van der Waals surface area contributed by atoms with E-state index in [4.69, 9.17) is 4.52 Å². The summed E-state index contributed by atoms with van der Waals surface area (Å²) in [4.78, 5) is 17.9. The molecule has 0 aliphatic carbocycles. The highest BCUT2D eigenvalue weighted by atomic mass is 16.5. The van der Waals surface area contributed by atoms with Crippen molar-refractivity contribution in [2.75, 3.05) is 19.0 Å². The zero-order chi connectivity index (χ0) is 13.8. The number of hydrogen-bond acceptors (Lipinski definition) is 5. The van der Waals surface area contributed by atoms with Gasteiger partial charge in [-0.2, -0.15) is 4.98 Å². The van der Waals surface area contributed by atoms with E-state index in [2.05, 4.69) is 15.5 Å². The van der Waals surface area contributed by atoms with E-state index in [0.717, 1.165) is 5.69 Å².